The third-order valence-electron chi connectivity index (χ3n) is 3.40. The second kappa shape index (κ2) is 5.96. The van der Waals surface area contributed by atoms with E-state index in [1.165, 1.54) is 0 Å². The Kier molecular flexibility index (Phi) is 4.29. The van der Waals surface area contributed by atoms with Crippen LogP contribution in [-0.2, 0) is 13.5 Å². The Morgan fingerprint density at radius 3 is 2.50 bits per heavy atom. The lowest BCUT2D eigenvalue weighted by Gasteiger charge is -2.11. The van der Waals surface area contributed by atoms with Crippen molar-refractivity contribution in [1.82, 2.24) is 9.55 Å². The third-order valence-corrected chi connectivity index (χ3v) is 3.40. The van der Waals surface area contributed by atoms with Crippen LogP contribution in [0.3, 0.4) is 0 Å². The highest BCUT2D eigenvalue weighted by Gasteiger charge is 2.11. The highest BCUT2D eigenvalue weighted by Crippen LogP contribution is 2.28. The third kappa shape index (κ3) is 2.77. The standard InChI is InChI=1S/C15H21N3O2/c1-10(16)12-9-17-15(18(12)2)8-11-5-6-13(19-3)14(7-11)20-4/h5-7,9-10H,8,16H2,1-4H3. The number of nitrogens with zero attached hydrogens (tertiary/aromatic N) is 2. The van der Waals surface area contributed by atoms with Gasteiger partial charge in [-0.2, -0.15) is 0 Å². The van der Waals surface area contributed by atoms with Crippen molar-refractivity contribution < 1.29 is 9.47 Å². The molecule has 0 aliphatic carbocycles. The molecule has 0 bridgehead atoms. The van der Waals surface area contributed by atoms with Crippen LogP contribution in [0, 0.1) is 0 Å². The summed E-state index contributed by atoms with van der Waals surface area (Å²) < 4.78 is 12.6. The minimum absolute atomic E-state index is 0.0216. The van der Waals surface area contributed by atoms with Gasteiger partial charge in [0.05, 0.1) is 26.1 Å². The Hall–Kier alpha value is -2.01. The number of hydrogen-bond donors (Lipinski definition) is 1. The minimum Gasteiger partial charge on any atom is -0.493 e. The first kappa shape index (κ1) is 14.4. The van der Waals surface area contributed by atoms with Gasteiger partial charge in [0.15, 0.2) is 11.5 Å². The van der Waals surface area contributed by atoms with Gasteiger partial charge in [-0.25, -0.2) is 4.98 Å². The second-order valence-corrected chi connectivity index (χ2v) is 4.81. The number of rotatable bonds is 5. The maximum atomic E-state index is 5.91. The van der Waals surface area contributed by atoms with Crippen LogP contribution < -0.4 is 15.2 Å². The Bertz CT molecular complexity index is 591. The van der Waals surface area contributed by atoms with Crippen LogP contribution in [-0.4, -0.2) is 23.8 Å². The SMILES string of the molecule is COc1ccc(Cc2ncc(C(C)N)n2C)cc1OC. The van der Waals surface area contributed by atoms with E-state index in [1.54, 1.807) is 14.2 Å². The monoisotopic (exact) mass is 275 g/mol. The molecule has 0 amide bonds. The summed E-state index contributed by atoms with van der Waals surface area (Å²) in [6.45, 7) is 1.96. The molecule has 0 fully saturated rings. The van der Waals surface area contributed by atoms with Crippen molar-refractivity contribution in [1.29, 1.82) is 0 Å². The lowest BCUT2D eigenvalue weighted by molar-refractivity contribution is 0.354. The fourth-order valence-corrected chi connectivity index (χ4v) is 2.22. The molecule has 1 heterocycles. The van der Waals surface area contributed by atoms with Crippen molar-refractivity contribution >= 4 is 0 Å². The summed E-state index contributed by atoms with van der Waals surface area (Å²) in [7, 11) is 5.25. The molecular weight excluding hydrogens is 254 g/mol. The number of aromatic nitrogens is 2. The molecule has 0 radical (unpaired) electrons. The zero-order chi connectivity index (χ0) is 14.7. The second-order valence-electron chi connectivity index (χ2n) is 4.81. The van der Waals surface area contributed by atoms with E-state index in [0.29, 0.717) is 0 Å². The zero-order valence-electron chi connectivity index (χ0n) is 12.4. The molecule has 0 spiro atoms. The average molecular weight is 275 g/mol. The molecule has 5 heteroatoms. The number of nitrogens with two attached hydrogens (primary N) is 1. The number of imidazole rings is 1. The maximum Gasteiger partial charge on any atom is 0.161 e. The van der Waals surface area contributed by atoms with Crippen LogP contribution in [0.2, 0.25) is 0 Å². The summed E-state index contributed by atoms with van der Waals surface area (Å²) in [6, 6.07) is 5.87. The summed E-state index contributed by atoms with van der Waals surface area (Å²) in [5.74, 6) is 2.43. The first-order chi connectivity index (χ1) is 9.56. The van der Waals surface area contributed by atoms with E-state index < -0.39 is 0 Å². The molecule has 0 aliphatic heterocycles. The van der Waals surface area contributed by atoms with Gasteiger partial charge < -0.3 is 19.8 Å². The van der Waals surface area contributed by atoms with Gasteiger partial charge in [0.1, 0.15) is 5.82 Å². The molecule has 1 aromatic carbocycles. The van der Waals surface area contributed by atoms with E-state index in [0.717, 1.165) is 35.0 Å². The largest absolute Gasteiger partial charge is 0.493 e. The lowest BCUT2D eigenvalue weighted by Crippen LogP contribution is -2.11. The van der Waals surface area contributed by atoms with Gasteiger partial charge >= 0.3 is 0 Å². The van der Waals surface area contributed by atoms with Crippen molar-refractivity contribution in [3.8, 4) is 11.5 Å². The molecule has 108 valence electrons. The van der Waals surface area contributed by atoms with Gasteiger partial charge in [-0.1, -0.05) is 6.07 Å². The van der Waals surface area contributed by atoms with E-state index >= 15 is 0 Å². The topological polar surface area (TPSA) is 62.3 Å². The number of ether oxygens (including phenoxy) is 2. The first-order valence-corrected chi connectivity index (χ1v) is 6.53. The van der Waals surface area contributed by atoms with Crippen LogP contribution in [0.15, 0.2) is 24.4 Å². The van der Waals surface area contributed by atoms with Crippen molar-refractivity contribution in [2.45, 2.75) is 19.4 Å². The van der Waals surface area contributed by atoms with E-state index in [9.17, 15) is 0 Å². The molecule has 1 aromatic heterocycles. The fraction of sp³-hybridized carbons (Fsp3) is 0.400. The quantitative estimate of drug-likeness (QED) is 0.907. The Balaban J connectivity index is 2.26. The molecule has 2 aromatic rings. The van der Waals surface area contributed by atoms with Crippen LogP contribution in [0.5, 0.6) is 11.5 Å². The Labute approximate surface area is 119 Å². The van der Waals surface area contributed by atoms with Gasteiger partial charge in [0.2, 0.25) is 0 Å². The smallest absolute Gasteiger partial charge is 0.161 e. The van der Waals surface area contributed by atoms with Crippen molar-refractivity contribution in [3.63, 3.8) is 0 Å². The lowest BCUT2D eigenvalue weighted by atomic mass is 10.1. The van der Waals surface area contributed by atoms with Crippen LogP contribution in [0.1, 0.15) is 30.0 Å². The van der Waals surface area contributed by atoms with Gasteiger partial charge in [-0.05, 0) is 24.6 Å². The Morgan fingerprint density at radius 2 is 1.95 bits per heavy atom. The summed E-state index contributed by atoms with van der Waals surface area (Å²) in [4.78, 5) is 4.44. The van der Waals surface area contributed by atoms with E-state index in [-0.39, 0.29) is 6.04 Å². The van der Waals surface area contributed by atoms with Crippen LogP contribution >= 0.6 is 0 Å². The van der Waals surface area contributed by atoms with Crippen LogP contribution in [0.25, 0.3) is 0 Å². The highest BCUT2D eigenvalue weighted by molar-refractivity contribution is 5.43. The number of methoxy groups -OCH3 is 2. The van der Waals surface area contributed by atoms with Crippen molar-refractivity contribution in [2.75, 3.05) is 14.2 Å². The summed E-state index contributed by atoms with van der Waals surface area (Å²) >= 11 is 0. The average Bonchev–Trinajstić information content (AvgIpc) is 2.80. The van der Waals surface area contributed by atoms with E-state index in [4.69, 9.17) is 15.2 Å². The minimum atomic E-state index is -0.0216. The normalized spacial score (nSPS) is 12.2. The van der Waals surface area contributed by atoms with Crippen LogP contribution in [0.4, 0.5) is 0 Å². The highest BCUT2D eigenvalue weighted by atomic mass is 16.5. The molecule has 2 N–H and O–H groups in total. The molecule has 0 aliphatic rings. The van der Waals surface area contributed by atoms with Gasteiger partial charge in [-0.3, -0.25) is 0 Å². The van der Waals surface area contributed by atoms with Gasteiger partial charge in [0, 0.05) is 19.5 Å². The van der Waals surface area contributed by atoms with Gasteiger partial charge in [0.25, 0.3) is 0 Å². The van der Waals surface area contributed by atoms with Crippen molar-refractivity contribution in [3.05, 3.63) is 41.5 Å². The molecule has 0 saturated heterocycles. The molecule has 5 nitrogen and oxygen atoms in total. The maximum absolute atomic E-state index is 5.91. The fourth-order valence-electron chi connectivity index (χ4n) is 2.22. The molecule has 20 heavy (non-hydrogen) atoms. The first-order valence-electron chi connectivity index (χ1n) is 6.53. The number of benzene rings is 1. The van der Waals surface area contributed by atoms with E-state index in [2.05, 4.69) is 4.98 Å². The summed E-state index contributed by atoms with van der Waals surface area (Å²) in [5.41, 5.74) is 8.05. The molecule has 0 saturated carbocycles. The predicted molar refractivity (Wildman–Crippen MR) is 78.2 cm³/mol. The predicted octanol–water partition coefficient (Wildman–Crippen LogP) is 2.05. The number of hydrogen-bond acceptors (Lipinski definition) is 4. The van der Waals surface area contributed by atoms with Crippen molar-refractivity contribution in [2.24, 2.45) is 12.8 Å². The summed E-state index contributed by atoms with van der Waals surface area (Å²) in [6.07, 6.45) is 2.56. The molecule has 2 rings (SSSR count). The molecule has 1 unspecified atom stereocenters. The zero-order valence-corrected chi connectivity index (χ0v) is 12.4. The van der Waals surface area contributed by atoms with E-state index in [1.807, 2.05) is 42.9 Å². The molecular formula is C15H21N3O2. The van der Waals surface area contributed by atoms with Gasteiger partial charge in [-0.15, -0.1) is 0 Å². The summed E-state index contributed by atoms with van der Waals surface area (Å²) in [5, 5.41) is 0. The molecule has 1 atom stereocenters. The Morgan fingerprint density at radius 1 is 1.25 bits per heavy atom.